The molecule has 1 aromatic heterocycles. The fourth-order valence-electron chi connectivity index (χ4n) is 3.26. The maximum Gasteiger partial charge on any atom is 0.255 e. The molecule has 2 N–H and O–H groups in total. The molecule has 0 saturated heterocycles. The van der Waals surface area contributed by atoms with Crippen LogP contribution in [0.1, 0.15) is 28.8 Å². The molecule has 3 nitrogen and oxygen atoms in total. The molecule has 0 bridgehead atoms. The number of amides is 1. The highest BCUT2D eigenvalue weighted by Gasteiger charge is 2.46. The number of carbonyl (C=O) groups is 1. The summed E-state index contributed by atoms with van der Waals surface area (Å²) in [5.41, 5.74) is 2.13. The number of rotatable bonds is 4. The number of H-pyrrole nitrogens is 1. The molecule has 5 heteroatoms. The van der Waals surface area contributed by atoms with Crippen molar-refractivity contribution in [2.75, 3.05) is 6.54 Å². The van der Waals surface area contributed by atoms with Crippen LogP contribution < -0.4 is 5.32 Å². The summed E-state index contributed by atoms with van der Waals surface area (Å²) in [6.45, 7) is 0.471. The summed E-state index contributed by atoms with van der Waals surface area (Å²) in [4.78, 5) is 15.6. The van der Waals surface area contributed by atoms with Crippen LogP contribution in [0.25, 0.3) is 10.9 Å². The summed E-state index contributed by atoms with van der Waals surface area (Å²) < 4.78 is 13.9. The first-order valence-corrected chi connectivity index (χ1v) is 8.27. The van der Waals surface area contributed by atoms with Crippen molar-refractivity contribution >= 4 is 28.4 Å². The Morgan fingerprint density at radius 1 is 1.21 bits per heavy atom. The highest BCUT2D eigenvalue weighted by molar-refractivity contribution is 6.33. The van der Waals surface area contributed by atoms with Gasteiger partial charge >= 0.3 is 0 Å². The van der Waals surface area contributed by atoms with E-state index in [-0.39, 0.29) is 16.0 Å². The smallest absolute Gasteiger partial charge is 0.255 e. The van der Waals surface area contributed by atoms with Gasteiger partial charge in [-0.05, 0) is 36.6 Å². The normalized spacial score (nSPS) is 15.4. The third-order valence-electron chi connectivity index (χ3n) is 4.79. The number of benzene rings is 2. The van der Waals surface area contributed by atoms with Crippen molar-refractivity contribution in [3.8, 4) is 0 Å². The van der Waals surface area contributed by atoms with Crippen LogP contribution in [0.3, 0.4) is 0 Å². The molecule has 122 valence electrons. The molecule has 1 aliphatic carbocycles. The van der Waals surface area contributed by atoms with Gasteiger partial charge in [-0.15, -0.1) is 0 Å². The Balaban J connectivity index is 1.56. The Bertz CT molecular complexity index is 910. The molecule has 1 saturated carbocycles. The molecule has 0 spiro atoms. The SMILES string of the molecule is O=C(NCC1(c2c[nH]c3ccccc23)CC1)c1c(F)cccc1Cl. The lowest BCUT2D eigenvalue weighted by atomic mass is 9.95. The average molecular weight is 343 g/mol. The van der Waals surface area contributed by atoms with E-state index >= 15 is 0 Å². The molecule has 2 aromatic carbocycles. The van der Waals surface area contributed by atoms with Crippen LogP contribution in [0.15, 0.2) is 48.7 Å². The van der Waals surface area contributed by atoms with Crippen molar-refractivity contribution in [3.63, 3.8) is 0 Å². The summed E-state index contributed by atoms with van der Waals surface area (Å²) in [6, 6.07) is 12.4. The molecule has 1 aliphatic rings. The summed E-state index contributed by atoms with van der Waals surface area (Å²) >= 11 is 5.96. The van der Waals surface area contributed by atoms with Gasteiger partial charge in [-0.25, -0.2) is 4.39 Å². The molecule has 4 rings (SSSR count). The number of para-hydroxylation sites is 1. The number of halogens is 2. The highest BCUT2D eigenvalue weighted by Crippen LogP contribution is 2.50. The van der Waals surface area contributed by atoms with E-state index in [2.05, 4.69) is 16.4 Å². The summed E-state index contributed by atoms with van der Waals surface area (Å²) in [7, 11) is 0. The number of fused-ring (bicyclic) bond motifs is 1. The zero-order valence-corrected chi connectivity index (χ0v) is 13.7. The number of nitrogens with one attached hydrogen (secondary N) is 2. The molecule has 24 heavy (non-hydrogen) atoms. The standard InChI is InChI=1S/C19H16ClFN2O/c20-14-5-3-6-15(21)17(14)18(24)23-11-19(8-9-19)13-10-22-16-7-2-1-4-12(13)16/h1-7,10,22H,8-9,11H2,(H,23,24). The molecule has 3 aromatic rings. The average Bonchev–Trinajstić information content (AvgIpc) is 3.23. The van der Waals surface area contributed by atoms with Crippen LogP contribution in [-0.4, -0.2) is 17.4 Å². The van der Waals surface area contributed by atoms with E-state index in [9.17, 15) is 9.18 Å². The van der Waals surface area contributed by atoms with Crippen LogP contribution in [0.2, 0.25) is 5.02 Å². The Kier molecular flexibility index (Phi) is 3.57. The highest BCUT2D eigenvalue weighted by atomic mass is 35.5. The summed E-state index contributed by atoms with van der Waals surface area (Å²) in [5.74, 6) is -1.07. The first kappa shape index (κ1) is 15.2. The number of aromatic nitrogens is 1. The van der Waals surface area contributed by atoms with Crippen molar-refractivity contribution in [1.82, 2.24) is 10.3 Å². The topological polar surface area (TPSA) is 44.9 Å². The minimum absolute atomic E-state index is 0.0764. The molecule has 1 amide bonds. The fraction of sp³-hybridized carbons (Fsp3) is 0.211. The third-order valence-corrected chi connectivity index (χ3v) is 5.11. The maximum atomic E-state index is 13.9. The molecular formula is C19H16ClFN2O. The van der Waals surface area contributed by atoms with Gasteiger partial charge in [0, 0.05) is 29.1 Å². The molecule has 0 radical (unpaired) electrons. The second-order valence-electron chi connectivity index (χ2n) is 6.31. The zero-order valence-electron chi connectivity index (χ0n) is 12.9. The molecular weight excluding hydrogens is 327 g/mol. The van der Waals surface area contributed by atoms with Crippen LogP contribution in [-0.2, 0) is 5.41 Å². The monoisotopic (exact) mass is 342 g/mol. The minimum atomic E-state index is -0.600. The van der Waals surface area contributed by atoms with Crippen molar-refractivity contribution in [3.05, 3.63) is 70.6 Å². The molecule has 0 atom stereocenters. The van der Waals surface area contributed by atoms with Crippen LogP contribution in [0, 0.1) is 5.82 Å². The maximum absolute atomic E-state index is 13.9. The lowest BCUT2D eigenvalue weighted by Crippen LogP contribution is -2.32. The van der Waals surface area contributed by atoms with E-state index < -0.39 is 11.7 Å². The quantitative estimate of drug-likeness (QED) is 0.724. The van der Waals surface area contributed by atoms with Gasteiger partial charge in [0.2, 0.25) is 0 Å². The Morgan fingerprint density at radius 2 is 2.00 bits per heavy atom. The van der Waals surface area contributed by atoms with Gasteiger partial charge in [0.25, 0.3) is 5.91 Å². The van der Waals surface area contributed by atoms with E-state index in [4.69, 9.17) is 11.6 Å². The Labute approximate surface area is 143 Å². The number of hydrogen-bond acceptors (Lipinski definition) is 1. The number of carbonyl (C=O) groups excluding carboxylic acids is 1. The van der Waals surface area contributed by atoms with Crippen molar-refractivity contribution in [1.29, 1.82) is 0 Å². The number of aromatic amines is 1. The van der Waals surface area contributed by atoms with Gasteiger partial charge in [0.1, 0.15) is 5.82 Å². The molecule has 0 unspecified atom stereocenters. The zero-order chi connectivity index (χ0) is 16.7. The Morgan fingerprint density at radius 3 is 2.75 bits per heavy atom. The van der Waals surface area contributed by atoms with Crippen molar-refractivity contribution in [2.24, 2.45) is 0 Å². The van der Waals surface area contributed by atoms with Crippen LogP contribution >= 0.6 is 11.6 Å². The number of hydrogen-bond donors (Lipinski definition) is 2. The van der Waals surface area contributed by atoms with E-state index in [1.165, 1.54) is 29.1 Å². The lowest BCUT2D eigenvalue weighted by Gasteiger charge is -2.16. The van der Waals surface area contributed by atoms with Crippen molar-refractivity contribution < 1.29 is 9.18 Å². The molecule has 1 heterocycles. The first-order valence-electron chi connectivity index (χ1n) is 7.90. The molecule has 1 fully saturated rings. The Hall–Kier alpha value is -2.33. The van der Waals surface area contributed by atoms with Gasteiger partial charge in [-0.1, -0.05) is 35.9 Å². The van der Waals surface area contributed by atoms with Gasteiger partial charge < -0.3 is 10.3 Å². The van der Waals surface area contributed by atoms with Gasteiger partial charge in [-0.2, -0.15) is 0 Å². The summed E-state index contributed by atoms with van der Waals surface area (Å²) in [5, 5.41) is 4.16. The summed E-state index contributed by atoms with van der Waals surface area (Å²) in [6.07, 6.45) is 4.01. The van der Waals surface area contributed by atoms with Crippen molar-refractivity contribution in [2.45, 2.75) is 18.3 Å². The van der Waals surface area contributed by atoms with Gasteiger partial charge in [0.05, 0.1) is 10.6 Å². The fourth-order valence-corrected chi connectivity index (χ4v) is 3.50. The molecule has 0 aliphatic heterocycles. The van der Waals surface area contributed by atoms with Gasteiger partial charge in [0.15, 0.2) is 0 Å². The van der Waals surface area contributed by atoms with E-state index in [0.29, 0.717) is 6.54 Å². The van der Waals surface area contributed by atoms with E-state index in [1.807, 2.05) is 24.4 Å². The minimum Gasteiger partial charge on any atom is -0.361 e. The lowest BCUT2D eigenvalue weighted by molar-refractivity contribution is 0.0946. The largest absolute Gasteiger partial charge is 0.361 e. The van der Waals surface area contributed by atoms with Gasteiger partial charge in [-0.3, -0.25) is 4.79 Å². The van der Waals surface area contributed by atoms with E-state index in [1.54, 1.807) is 0 Å². The van der Waals surface area contributed by atoms with Crippen LogP contribution in [0.4, 0.5) is 4.39 Å². The predicted octanol–water partition coefficient (Wildman–Crippen LogP) is 4.42. The van der Waals surface area contributed by atoms with Crippen LogP contribution in [0.5, 0.6) is 0 Å². The predicted molar refractivity (Wildman–Crippen MR) is 93.0 cm³/mol. The first-order chi connectivity index (χ1) is 11.6. The second kappa shape index (κ2) is 5.64. The second-order valence-corrected chi connectivity index (χ2v) is 6.71. The third kappa shape index (κ3) is 2.47. The van der Waals surface area contributed by atoms with E-state index in [0.717, 1.165) is 18.4 Å².